The number of hydrogen-bond acceptors (Lipinski definition) is 7. The van der Waals surface area contributed by atoms with E-state index in [0.29, 0.717) is 12.5 Å². The van der Waals surface area contributed by atoms with Crippen LogP contribution < -0.4 is 10.6 Å². The maximum atomic E-state index is 9.83. The lowest BCUT2D eigenvalue weighted by Gasteiger charge is -2.43. The van der Waals surface area contributed by atoms with E-state index in [1.165, 1.54) is 6.20 Å². The highest BCUT2D eigenvalue weighted by atomic mass is 16.3. The van der Waals surface area contributed by atoms with Crippen LogP contribution in [0, 0.1) is 16.7 Å². The van der Waals surface area contributed by atoms with Gasteiger partial charge in [-0.3, -0.25) is 0 Å². The second kappa shape index (κ2) is 6.24. The molecule has 21 heavy (non-hydrogen) atoms. The maximum absolute atomic E-state index is 9.83. The Balaban J connectivity index is 2.21. The largest absolute Gasteiger partial charge is 0.396 e. The molecule has 1 atom stereocenters. The number of aliphatic hydroxyl groups excluding tert-OH is 1. The Kier molecular flexibility index (Phi) is 4.60. The molecule has 2 rings (SSSR count). The summed E-state index contributed by atoms with van der Waals surface area (Å²) < 4.78 is 0. The summed E-state index contributed by atoms with van der Waals surface area (Å²) in [5.74, 6) is 0.734. The number of nitrogens with zero attached hydrogens (tertiary/aromatic N) is 5. The predicted octanol–water partition coefficient (Wildman–Crippen LogP) is 0.0710. The van der Waals surface area contributed by atoms with Crippen molar-refractivity contribution < 1.29 is 5.11 Å². The zero-order chi connectivity index (χ0) is 15.5. The zero-order valence-electron chi connectivity index (χ0n) is 12.6. The molecule has 114 valence electrons. The summed E-state index contributed by atoms with van der Waals surface area (Å²) in [4.78, 5) is 12.6. The fourth-order valence-corrected chi connectivity index (χ4v) is 2.98. The standard InChI is InChI=1S/C14H22N6O/c1-19(2)8-14(10-21)4-3-5-20(9-14)13-17-7-11(6-15)12(16)18-13/h7,21H,3-5,8-10H2,1-2H3,(H2,16,17,18)/t14-/m0/s1. The van der Waals surface area contributed by atoms with Gasteiger partial charge in [0.25, 0.3) is 0 Å². The van der Waals surface area contributed by atoms with Crippen molar-refractivity contribution in [3.8, 4) is 6.07 Å². The molecule has 1 aliphatic heterocycles. The van der Waals surface area contributed by atoms with Crippen LogP contribution in [-0.4, -0.2) is 60.3 Å². The Morgan fingerprint density at radius 2 is 2.33 bits per heavy atom. The molecule has 0 saturated carbocycles. The predicted molar refractivity (Wildman–Crippen MR) is 80.7 cm³/mol. The van der Waals surface area contributed by atoms with Crippen molar-refractivity contribution in [3.63, 3.8) is 0 Å². The van der Waals surface area contributed by atoms with Gasteiger partial charge in [0.2, 0.25) is 5.95 Å². The SMILES string of the molecule is CN(C)C[C@@]1(CO)CCCN(c2ncc(C#N)c(N)n2)C1. The lowest BCUT2D eigenvalue weighted by atomic mass is 9.80. The van der Waals surface area contributed by atoms with Gasteiger partial charge in [0, 0.05) is 25.0 Å². The van der Waals surface area contributed by atoms with Crippen molar-refractivity contribution >= 4 is 11.8 Å². The third-order valence-corrected chi connectivity index (χ3v) is 3.86. The van der Waals surface area contributed by atoms with Crippen molar-refractivity contribution in [2.45, 2.75) is 12.8 Å². The molecule has 0 unspecified atom stereocenters. The molecule has 2 heterocycles. The molecular weight excluding hydrogens is 268 g/mol. The molecule has 0 spiro atoms. The molecule has 7 nitrogen and oxygen atoms in total. The Morgan fingerprint density at radius 1 is 1.57 bits per heavy atom. The van der Waals surface area contributed by atoms with Crippen LogP contribution in [0.25, 0.3) is 0 Å². The third kappa shape index (κ3) is 3.40. The smallest absolute Gasteiger partial charge is 0.227 e. The van der Waals surface area contributed by atoms with Gasteiger partial charge in [0.15, 0.2) is 0 Å². The van der Waals surface area contributed by atoms with E-state index >= 15 is 0 Å². The zero-order valence-corrected chi connectivity index (χ0v) is 12.6. The summed E-state index contributed by atoms with van der Waals surface area (Å²) in [5, 5.41) is 18.7. The lowest BCUT2D eigenvalue weighted by Crippen LogP contribution is -2.50. The highest BCUT2D eigenvalue weighted by Crippen LogP contribution is 2.32. The first-order chi connectivity index (χ1) is 9.99. The molecule has 0 radical (unpaired) electrons. The van der Waals surface area contributed by atoms with Gasteiger partial charge in [-0.15, -0.1) is 0 Å². The van der Waals surface area contributed by atoms with Gasteiger partial charge < -0.3 is 20.6 Å². The quantitative estimate of drug-likeness (QED) is 0.809. The number of rotatable bonds is 4. The van der Waals surface area contributed by atoms with E-state index in [9.17, 15) is 5.11 Å². The Morgan fingerprint density at radius 3 is 2.90 bits per heavy atom. The first-order valence-corrected chi connectivity index (χ1v) is 7.03. The molecular formula is C14H22N6O. The molecule has 1 aromatic heterocycles. The highest BCUT2D eigenvalue weighted by Gasteiger charge is 2.36. The second-order valence-electron chi connectivity index (χ2n) is 6.00. The summed E-state index contributed by atoms with van der Waals surface area (Å²) in [5.41, 5.74) is 5.88. The topological polar surface area (TPSA) is 102 Å². The van der Waals surface area contributed by atoms with E-state index in [-0.39, 0.29) is 23.4 Å². The van der Waals surface area contributed by atoms with Crippen LogP contribution in [-0.2, 0) is 0 Å². The minimum absolute atomic E-state index is 0.132. The van der Waals surface area contributed by atoms with Gasteiger partial charge in [0.05, 0.1) is 12.8 Å². The first kappa shape index (κ1) is 15.5. The fourth-order valence-electron chi connectivity index (χ4n) is 2.98. The fraction of sp³-hybridized carbons (Fsp3) is 0.643. The van der Waals surface area contributed by atoms with Crippen molar-refractivity contribution in [2.75, 3.05) is 51.0 Å². The minimum Gasteiger partial charge on any atom is -0.396 e. The Labute approximate surface area is 125 Å². The number of nitrogen functional groups attached to an aromatic ring is 1. The molecule has 1 aromatic rings. The molecule has 7 heteroatoms. The molecule has 1 aliphatic rings. The summed E-state index contributed by atoms with van der Waals surface area (Å²) in [6.45, 7) is 2.47. The number of aliphatic hydroxyl groups is 1. The van der Waals surface area contributed by atoms with Crippen LogP contribution in [0.5, 0.6) is 0 Å². The van der Waals surface area contributed by atoms with Gasteiger partial charge in [-0.05, 0) is 26.9 Å². The number of piperidine rings is 1. The Bertz CT molecular complexity index is 541. The summed E-state index contributed by atoms with van der Waals surface area (Å²) in [6, 6.07) is 1.96. The van der Waals surface area contributed by atoms with Crippen LogP contribution in [0.3, 0.4) is 0 Å². The van der Waals surface area contributed by atoms with Crippen molar-refractivity contribution in [2.24, 2.45) is 5.41 Å². The van der Waals surface area contributed by atoms with Crippen LogP contribution in [0.2, 0.25) is 0 Å². The highest BCUT2D eigenvalue weighted by molar-refractivity contribution is 5.50. The molecule has 3 N–H and O–H groups in total. The van der Waals surface area contributed by atoms with Crippen LogP contribution in [0.4, 0.5) is 11.8 Å². The first-order valence-electron chi connectivity index (χ1n) is 7.03. The molecule has 0 bridgehead atoms. The normalized spacial score (nSPS) is 22.3. The van der Waals surface area contributed by atoms with Gasteiger partial charge >= 0.3 is 0 Å². The molecule has 1 fully saturated rings. The van der Waals surface area contributed by atoms with E-state index < -0.39 is 0 Å². The summed E-state index contributed by atoms with van der Waals surface area (Å²) >= 11 is 0. The second-order valence-corrected chi connectivity index (χ2v) is 6.00. The summed E-state index contributed by atoms with van der Waals surface area (Å²) in [7, 11) is 4.01. The number of nitriles is 1. The van der Waals surface area contributed by atoms with Crippen LogP contribution in [0.15, 0.2) is 6.20 Å². The number of anilines is 2. The number of hydrogen-bond donors (Lipinski definition) is 2. The lowest BCUT2D eigenvalue weighted by molar-refractivity contribution is 0.0758. The minimum atomic E-state index is -0.173. The van der Waals surface area contributed by atoms with Gasteiger partial charge in [-0.25, -0.2) is 4.98 Å². The summed E-state index contributed by atoms with van der Waals surface area (Å²) in [6.07, 6.45) is 3.40. The van der Waals surface area contributed by atoms with Gasteiger partial charge in [-0.1, -0.05) is 0 Å². The molecule has 0 aliphatic carbocycles. The van der Waals surface area contributed by atoms with Crippen molar-refractivity contribution in [1.82, 2.24) is 14.9 Å². The maximum Gasteiger partial charge on any atom is 0.227 e. The monoisotopic (exact) mass is 290 g/mol. The average molecular weight is 290 g/mol. The van der Waals surface area contributed by atoms with E-state index in [2.05, 4.69) is 14.9 Å². The van der Waals surface area contributed by atoms with E-state index in [1.54, 1.807) is 0 Å². The average Bonchev–Trinajstić information content (AvgIpc) is 2.46. The number of aromatic nitrogens is 2. The van der Waals surface area contributed by atoms with Crippen LogP contribution in [0.1, 0.15) is 18.4 Å². The third-order valence-electron chi connectivity index (χ3n) is 3.86. The molecule has 1 saturated heterocycles. The van der Waals surface area contributed by atoms with E-state index in [1.807, 2.05) is 25.1 Å². The molecule has 0 aromatic carbocycles. The van der Waals surface area contributed by atoms with Gasteiger partial charge in [-0.2, -0.15) is 10.2 Å². The van der Waals surface area contributed by atoms with Crippen LogP contribution >= 0.6 is 0 Å². The number of nitrogens with two attached hydrogens (primary N) is 1. The Hall–Kier alpha value is -1.91. The van der Waals surface area contributed by atoms with Crippen molar-refractivity contribution in [1.29, 1.82) is 5.26 Å². The van der Waals surface area contributed by atoms with E-state index in [0.717, 1.165) is 25.9 Å². The van der Waals surface area contributed by atoms with Crippen molar-refractivity contribution in [3.05, 3.63) is 11.8 Å². The van der Waals surface area contributed by atoms with Gasteiger partial charge in [0.1, 0.15) is 17.5 Å². The molecule has 0 amide bonds. The van der Waals surface area contributed by atoms with E-state index in [4.69, 9.17) is 11.0 Å².